The van der Waals surface area contributed by atoms with Crippen LogP contribution in [0.15, 0.2) is 32.4 Å². The minimum atomic E-state index is 0.371. The van der Waals surface area contributed by atoms with Crippen molar-refractivity contribution in [3.63, 3.8) is 0 Å². The second-order valence-electron chi connectivity index (χ2n) is 2.29. The number of rotatable bonds is 1. The zero-order chi connectivity index (χ0) is 9.26. The van der Waals surface area contributed by atoms with Crippen LogP contribution in [0, 0.1) is 0 Å². The van der Waals surface area contributed by atoms with Gasteiger partial charge in [0.15, 0.2) is 5.58 Å². The second-order valence-corrected chi connectivity index (χ2v) is 2.97. The van der Waals surface area contributed by atoms with Gasteiger partial charge in [0.1, 0.15) is 11.2 Å². The number of carbonyl (C=O) groups excluding carboxylic acids is 1. The molecule has 0 saturated carbocycles. The van der Waals surface area contributed by atoms with E-state index in [1.807, 2.05) is 0 Å². The lowest BCUT2D eigenvalue weighted by molar-refractivity contribution is 0.565. The molecule has 0 aliphatic carbocycles. The molecule has 13 heavy (non-hydrogen) atoms. The third-order valence-electron chi connectivity index (χ3n) is 1.54. The summed E-state index contributed by atoms with van der Waals surface area (Å²) in [5.74, 6) is 0. The number of benzene rings is 1. The summed E-state index contributed by atoms with van der Waals surface area (Å²) in [6, 6.07) is 5.15. The zero-order valence-electron chi connectivity index (χ0n) is 6.32. The largest absolute Gasteiger partial charge is 0.431 e. The molecule has 0 amide bonds. The van der Waals surface area contributed by atoms with Crippen LogP contribution in [0.25, 0.3) is 11.1 Å². The summed E-state index contributed by atoms with van der Waals surface area (Å²) in [5.41, 5.74) is 1.60. The van der Waals surface area contributed by atoms with Crippen LogP contribution >= 0.6 is 15.9 Å². The Morgan fingerprint density at radius 2 is 2.38 bits per heavy atom. The van der Waals surface area contributed by atoms with Gasteiger partial charge in [-0.2, -0.15) is 4.99 Å². The summed E-state index contributed by atoms with van der Waals surface area (Å²) >= 11 is 3.09. The van der Waals surface area contributed by atoms with Crippen molar-refractivity contribution in [2.45, 2.75) is 0 Å². The predicted octanol–water partition coefficient (Wildman–Crippen LogP) is 2.56. The van der Waals surface area contributed by atoms with E-state index < -0.39 is 0 Å². The van der Waals surface area contributed by atoms with Crippen molar-refractivity contribution < 1.29 is 9.21 Å². The second kappa shape index (κ2) is 3.12. The van der Waals surface area contributed by atoms with Crippen molar-refractivity contribution >= 4 is 38.8 Å². The number of halogens is 1. The van der Waals surface area contributed by atoms with Gasteiger partial charge in [-0.15, -0.1) is 0 Å². The third-order valence-corrected chi connectivity index (χ3v) is 1.88. The van der Waals surface area contributed by atoms with Gasteiger partial charge in [0, 0.05) is 15.9 Å². The molecule has 0 aliphatic heterocycles. The standard InChI is InChI=1S/C8H3BrN2O2/c9-8-11-7-5(10-4-12)2-1-3-6(7)13-8/h1-3H. The van der Waals surface area contributed by atoms with E-state index >= 15 is 0 Å². The molecule has 0 N–H and O–H groups in total. The van der Waals surface area contributed by atoms with Gasteiger partial charge in [-0.1, -0.05) is 6.07 Å². The van der Waals surface area contributed by atoms with E-state index in [9.17, 15) is 4.79 Å². The molecule has 2 rings (SSSR count). The first-order valence-corrected chi connectivity index (χ1v) is 4.23. The zero-order valence-corrected chi connectivity index (χ0v) is 7.91. The average Bonchev–Trinajstić information content (AvgIpc) is 2.47. The minimum Gasteiger partial charge on any atom is -0.431 e. The molecule has 1 aromatic carbocycles. The van der Waals surface area contributed by atoms with Gasteiger partial charge in [0.05, 0.1) is 0 Å². The van der Waals surface area contributed by atoms with E-state index in [-0.39, 0.29) is 0 Å². The van der Waals surface area contributed by atoms with Gasteiger partial charge in [-0.05, 0) is 12.1 Å². The molecule has 64 valence electrons. The first-order valence-electron chi connectivity index (χ1n) is 3.44. The van der Waals surface area contributed by atoms with Crippen LogP contribution in [0.5, 0.6) is 0 Å². The van der Waals surface area contributed by atoms with Gasteiger partial charge in [0.2, 0.25) is 6.08 Å². The lowest BCUT2D eigenvalue weighted by Gasteiger charge is -1.88. The Morgan fingerprint density at radius 3 is 3.15 bits per heavy atom. The molecule has 1 heterocycles. The summed E-state index contributed by atoms with van der Waals surface area (Å²) in [5, 5.41) is 0. The monoisotopic (exact) mass is 238 g/mol. The molecule has 0 saturated heterocycles. The van der Waals surface area contributed by atoms with Crippen molar-refractivity contribution in [2.75, 3.05) is 0 Å². The van der Waals surface area contributed by atoms with Gasteiger partial charge in [0.25, 0.3) is 4.80 Å². The summed E-state index contributed by atoms with van der Waals surface area (Å²) in [7, 11) is 0. The van der Waals surface area contributed by atoms with Crippen LogP contribution in [-0.4, -0.2) is 11.1 Å². The number of aromatic nitrogens is 1. The Hall–Kier alpha value is -1.45. The predicted molar refractivity (Wildman–Crippen MR) is 49.5 cm³/mol. The lowest BCUT2D eigenvalue weighted by atomic mass is 10.3. The van der Waals surface area contributed by atoms with E-state index in [1.165, 1.54) is 6.08 Å². The maximum Gasteiger partial charge on any atom is 0.265 e. The molecule has 0 radical (unpaired) electrons. The summed E-state index contributed by atoms with van der Waals surface area (Å²) in [4.78, 5) is 17.9. The highest BCUT2D eigenvalue weighted by atomic mass is 79.9. The van der Waals surface area contributed by atoms with Crippen LogP contribution in [0.1, 0.15) is 0 Å². The normalized spacial score (nSPS) is 9.92. The Labute approximate surface area is 81.4 Å². The van der Waals surface area contributed by atoms with Crippen molar-refractivity contribution in [1.29, 1.82) is 0 Å². The number of isocyanates is 1. The van der Waals surface area contributed by atoms with Crippen molar-refractivity contribution in [1.82, 2.24) is 4.98 Å². The van der Waals surface area contributed by atoms with E-state index in [0.29, 0.717) is 21.6 Å². The van der Waals surface area contributed by atoms with Crippen molar-refractivity contribution in [3.8, 4) is 0 Å². The molecule has 0 atom stereocenters. The van der Waals surface area contributed by atoms with Crippen molar-refractivity contribution in [3.05, 3.63) is 23.0 Å². The molecule has 0 spiro atoms. The first-order chi connectivity index (χ1) is 6.31. The first kappa shape index (κ1) is 8.16. The Bertz CT molecular complexity index is 500. The van der Waals surface area contributed by atoms with E-state index in [4.69, 9.17) is 4.42 Å². The van der Waals surface area contributed by atoms with Gasteiger partial charge >= 0.3 is 0 Å². The Kier molecular flexibility index (Phi) is 1.96. The third kappa shape index (κ3) is 1.39. The number of oxazole rings is 1. The number of para-hydroxylation sites is 1. The molecule has 1 aromatic heterocycles. The van der Waals surface area contributed by atoms with Gasteiger partial charge < -0.3 is 4.42 Å². The van der Waals surface area contributed by atoms with E-state index in [0.717, 1.165) is 0 Å². The summed E-state index contributed by atoms with van der Waals surface area (Å²) in [6.07, 6.45) is 1.46. The molecule has 2 aromatic rings. The van der Waals surface area contributed by atoms with Crippen LogP contribution in [0.3, 0.4) is 0 Å². The molecule has 4 nitrogen and oxygen atoms in total. The number of hydrogen-bond acceptors (Lipinski definition) is 4. The fraction of sp³-hybridized carbons (Fsp3) is 0. The molecular weight excluding hydrogens is 236 g/mol. The highest BCUT2D eigenvalue weighted by Gasteiger charge is 2.06. The topological polar surface area (TPSA) is 55.5 Å². The molecule has 0 bridgehead atoms. The fourth-order valence-corrected chi connectivity index (χ4v) is 1.40. The smallest absolute Gasteiger partial charge is 0.265 e. The Morgan fingerprint density at radius 1 is 1.54 bits per heavy atom. The molecule has 0 unspecified atom stereocenters. The maximum absolute atomic E-state index is 10.1. The summed E-state index contributed by atoms with van der Waals surface area (Å²) < 4.78 is 5.17. The van der Waals surface area contributed by atoms with Gasteiger partial charge in [-0.25, -0.2) is 9.78 Å². The van der Waals surface area contributed by atoms with Crippen LogP contribution in [0.4, 0.5) is 5.69 Å². The average molecular weight is 239 g/mol. The molecular formula is C8H3BrN2O2. The number of nitrogens with zero attached hydrogens (tertiary/aromatic N) is 2. The number of aliphatic imine (C=N–C) groups is 1. The van der Waals surface area contributed by atoms with Crippen LogP contribution in [0.2, 0.25) is 0 Å². The van der Waals surface area contributed by atoms with Crippen LogP contribution < -0.4 is 0 Å². The quantitative estimate of drug-likeness (QED) is 0.567. The number of hydrogen-bond donors (Lipinski definition) is 0. The molecule has 0 aliphatic rings. The van der Waals surface area contributed by atoms with Gasteiger partial charge in [-0.3, -0.25) is 0 Å². The molecule has 5 heteroatoms. The minimum absolute atomic E-state index is 0.371. The SMILES string of the molecule is O=C=Nc1cccc2oc(Br)nc12. The maximum atomic E-state index is 10.1. The Balaban J connectivity index is 2.81. The summed E-state index contributed by atoms with van der Waals surface area (Å²) in [6.45, 7) is 0. The van der Waals surface area contributed by atoms with E-state index in [2.05, 4.69) is 25.9 Å². The fourth-order valence-electron chi connectivity index (χ4n) is 1.05. The number of fused-ring (bicyclic) bond motifs is 1. The van der Waals surface area contributed by atoms with Crippen LogP contribution in [-0.2, 0) is 4.79 Å². The van der Waals surface area contributed by atoms with E-state index in [1.54, 1.807) is 18.2 Å². The highest BCUT2D eigenvalue weighted by Crippen LogP contribution is 2.27. The molecule has 0 fully saturated rings. The highest BCUT2D eigenvalue weighted by molar-refractivity contribution is 9.10. The lowest BCUT2D eigenvalue weighted by Crippen LogP contribution is -1.69. The van der Waals surface area contributed by atoms with Crippen molar-refractivity contribution in [2.24, 2.45) is 4.99 Å².